The first kappa shape index (κ1) is 23.7. The number of rotatable bonds is 3. The molecule has 0 saturated carbocycles. The number of hydrogen-bond acceptors (Lipinski definition) is 7. The molecule has 2 aliphatic heterocycles. The van der Waals surface area contributed by atoms with Gasteiger partial charge in [0.2, 0.25) is 0 Å². The Morgan fingerprint density at radius 3 is 1.88 bits per heavy atom. The summed E-state index contributed by atoms with van der Waals surface area (Å²) in [5.74, 6) is -2.42. The SMILES string of the molecule is CC(C)(C)OC(=O)NC1(C(=O)ON2C(=O)c3ccccc3C2=O)CC(C)(C)OC(C)(C)C1. The summed E-state index contributed by atoms with van der Waals surface area (Å²) < 4.78 is 11.4. The van der Waals surface area contributed by atoms with Crippen LogP contribution >= 0.6 is 0 Å². The Morgan fingerprint density at radius 2 is 1.44 bits per heavy atom. The van der Waals surface area contributed by atoms with Crippen molar-refractivity contribution in [3.63, 3.8) is 0 Å². The number of hydrogen-bond donors (Lipinski definition) is 1. The molecule has 1 aromatic rings. The van der Waals surface area contributed by atoms with Crippen molar-refractivity contribution >= 4 is 23.9 Å². The molecule has 0 atom stereocenters. The van der Waals surface area contributed by atoms with Crippen LogP contribution in [0.25, 0.3) is 0 Å². The van der Waals surface area contributed by atoms with Gasteiger partial charge in [-0.05, 0) is 60.6 Å². The van der Waals surface area contributed by atoms with Gasteiger partial charge in [0.05, 0.1) is 22.3 Å². The van der Waals surface area contributed by atoms with Crippen LogP contribution in [0.3, 0.4) is 0 Å². The highest BCUT2D eigenvalue weighted by molar-refractivity contribution is 6.21. The fraction of sp³-hybridized carbons (Fsp3) is 0.565. The Bertz CT molecular complexity index is 924. The first-order valence-electron chi connectivity index (χ1n) is 10.5. The number of nitrogens with zero attached hydrogens (tertiary/aromatic N) is 1. The van der Waals surface area contributed by atoms with Gasteiger partial charge in [0, 0.05) is 12.8 Å². The molecule has 32 heavy (non-hydrogen) atoms. The van der Waals surface area contributed by atoms with Crippen molar-refractivity contribution in [3.8, 4) is 0 Å². The number of alkyl carbamates (subject to hydrolysis) is 1. The maximum Gasteiger partial charge on any atom is 0.408 e. The largest absolute Gasteiger partial charge is 0.444 e. The summed E-state index contributed by atoms with van der Waals surface area (Å²) >= 11 is 0. The predicted molar refractivity (Wildman–Crippen MR) is 114 cm³/mol. The molecule has 174 valence electrons. The van der Waals surface area contributed by atoms with E-state index in [0.29, 0.717) is 5.06 Å². The molecular weight excluding hydrogens is 416 g/mol. The zero-order valence-electron chi connectivity index (χ0n) is 19.5. The lowest BCUT2D eigenvalue weighted by Gasteiger charge is -2.50. The van der Waals surface area contributed by atoms with Crippen LogP contribution in [0.1, 0.15) is 82.0 Å². The summed E-state index contributed by atoms with van der Waals surface area (Å²) in [6, 6.07) is 6.20. The van der Waals surface area contributed by atoms with Crippen molar-refractivity contribution in [2.75, 3.05) is 0 Å². The highest BCUT2D eigenvalue weighted by atomic mass is 16.7. The second-order valence-electron chi connectivity index (χ2n) is 10.5. The highest BCUT2D eigenvalue weighted by Gasteiger charge is 2.56. The minimum absolute atomic E-state index is 0.0463. The van der Waals surface area contributed by atoms with Crippen LogP contribution in [-0.2, 0) is 19.1 Å². The lowest BCUT2D eigenvalue weighted by molar-refractivity contribution is -0.209. The summed E-state index contributed by atoms with van der Waals surface area (Å²) in [5, 5.41) is 3.11. The third-order valence-electron chi connectivity index (χ3n) is 5.07. The number of hydroxylamine groups is 2. The summed E-state index contributed by atoms with van der Waals surface area (Å²) in [4.78, 5) is 56.9. The van der Waals surface area contributed by atoms with Gasteiger partial charge in [0.1, 0.15) is 11.1 Å². The lowest BCUT2D eigenvalue weighted by Crippen LogP contribution is -2.66. The molecule has 0 aromatic heterocycles. The molecule has 2 heterocycles. The molecule has 3 amide bonds. The van der Waals surface area contributed by atoms with Crippen LogP contribution in [-0.4, -0.2) is 51.3 Å². The molecule has 0 aliphatic carbocycles. The number of amides is 3. The van der Waals surface area contributed by atoms with Gasteiger partial charge >= 0.3 is 12.1 Å². The Kier molecular flexibility index (Phi) is 5.62. The van der Waals surface area contributed by atoms with Gasteiger partial charge in [0.25, 0.3) is 11.8 Å². The Morgan fingerprint density at radius 1 is 0.969 bits per heavy atom. The quantitative estimate of drug-likeness (QED) is 0.709. The summed E-state index contributed by atoms with van der Waals surface area (Å²) in [6.45, 7) is 12.3. The second kappa shape index (κ2) is 7.58. The van der Waals surface area contributed by atoms with Gasteiger partial charge in [0.15, 0.2) is 0 Å². The number of nitrogens with one attached hydrogen (secondary N) is 1. The zero-order chi connectivity index (χ0) is 24.1. The molecular formula is C23H30N2O7. The third kappa shape index (κ3) is 4.77. The van der Waals surface area contributed by atoms with Gasteiger partial charge in [-0.2, -0.15) is 0 Å². The van der Waals surface area contributed by atoms with Crippen LogP contribution in [0.2, 0.25) is 0 Å². The standard InChI is InChI=1S/C23H30N2O7/c1-20(2,3)30-19(29)24-23(12-21(4,5)32-22(6,7)13-23)18(28)31-25-16(26)14-10-8-9-11-15(14)17(25)27/h8-11H,12-13H2,1-7H3,(H,24,29). The third-order valence-corrected chi connectivity index (χ3v) is 5.07. The van der Waals surface area contributed by atoms with E-state index >= 15 is 0 Å². The molecule has 0 spiro atoms. The number of fused-ring (bicyclic) bond motifs is 1. The van der Waals surface area contributed by atoms with Crippen LogP contribution in [0.5, 0.6) is 0 Å². The van der Waals surface area contributed by atoms with E-state index in [0.717, 1.165) is 0 Å². The average molecular weight is 447 g/mol. The molecule has 1 N–H and O–H groups in total. The monoisotopic (exact) mass is 446 g/mol. The molecule has 9 nitrogen and oxygen atoms in total. The fourth-order valence-corrected chi connectivity index (χ4v) is 4.54. The van der Waals surface area contributed by atoms with E-state index in [1.54, 1.807) is 60.6 Å². The average Bonchev–Trinajstić information content (AvgIpc) is 2.82. The number of imide groups is 1. The van der Waals surface area contributed by atoms with E-state index in [9.17, 15) is 19.2 Å². The van der Waals surface area contributed by atoms with Crippen LogP contribution in [0, 0.1) is 0 Å². The number of ether oxygens (including phenoxy) is 2. The number of benzene rings is 1. The van der Waals surface area contributed by atoms with Crippen LogP contribution in [0.15, 0.2) is 24.3 Å². The minimum Gasteiger partial charge on any atom is -0.444 e. The maximum absolute atomic E-state index is 13.5. The van der Waals surface area contributed by atoms with Gasteiger partial charge in [-0.15, -0.1) is 0 Å². The minimum atomic E-state index is -1.59. The smallest absolute Gasteiger partial charge is 0.408 e. The topological polar surface area (TPSA) is 111 Å². The van der Waals surface area contributed by atoms with Crippen molar-refractivity contribution in [2.45, 2.75) is 83.6 Å². The van der Waals surface area contributed by atoms with Crippen molar-refractivity contribution < 1.29 is 33.5 Å². The molecule has 9 heteroatoms. The van der Waals surface area contributed by atoms with E-state index in [1.165, 1.54) is 12.1 Å². The lowest BCUT2D eigenvalue weighted by atomic mass is 9.75. The first-order chi connectivity index (χ1) is 14.5. The van der Waals surface area contributed by atoms with E-state index in [1.807, 2.05) is 0 Å². The Hall–Kier alpha value is -2.94. The van der Waals surface area contributed by atoms with Crippen molar-refractivity contribution in [3.05, 3.63) is 35.4 Å². The predicted octanol–water partition coefficient (Wildman–Crippen LogP) is 3.37. The summed E-state index contributed by atoms with van der Waals surface area (Å²) in [7, 11) is 0. The van der Waals surface area contributed by atoms with Crippen molar-refractivity contribution in [1.82, 2.24) is 10.4 Å². The molecule has 3 rings (SSSR count). The fourth-order valence-electron chi connectivity index (χ4n) is 4.54. The highest BCUT2D eigenvalue weighted by Crippen LogP contribution is 2.42. The second-order valence-corrected chi connectivity index (χ2v) is 10.5. The molecule has 1 fully saturated rings. The molecule has 0 bridgehead atoms. The van der Waals surface area contributed by atoms with Gasteiger partial charge < -0.3 is 19.6 Å². The van der Waals surface area contributed by atoms with E-state index in [-0.39, 0.29) is 24.0 Å². The maximum atomic E-state index is 13.5. The summed E-state index contributed by atoms with van der Waals surface area (Å²) in [5.41, 5.74) is -3.74. The van der Waals surface area contributed by atoms with Gasteiger partial charge in [-0.3, -0.25) is 9.59 Å². The van der Waals surface area contributed by atoms with Gasteiger partial charge in [-0.25, -0.2) is 9.59 Å². The molecule has 2 aliphatic rings. The van der Waals surface area contributed by atoms with E-state index in [4.69, 9.17) is 14.3 Å². The Balaban J connectivity index is 1.93. The van der Waals surface area contributed by atoms with Crippen LogP contribution < -0.4 is 5.32 Å². The van der Waals surface area contributed by atoms with Gasteiger partial charge in [-0.1, -0.05) is 17.2 Å². The van der Waals surface area contributed by atoms with E-state index in [2.05, 4.69) is 5.32 Å². The molecule has 1 aromatic carbocycles. The zero-order valence-corrected chi connectivity index (χ0v) is 19.5. The molecule has 0 radical (unpaired) electrons. The summed E-state index contributed by atoms with van der Waals surface area (Å²) in [6.07, 6.45) is -0.722. The first-order valence-corrected chi connectivity index (χ1v) is 10.5. The number of carbonyl (C=O) groups excluding carboxylic acids is 4. The Labute approximate surface area is 187 Å². The van der Waals surface area contributed by atoms with E-state index < -0.39 is 46.2 Å². The van der Waals surface area contributed by atoms with Crippen molar-refractivity contribution in [2.24, 2.45) is 0 Å². The van der Waals surface area contributed by atoms with Crippen molar-refractivity contribution in [1.29, 1.82) is 0 Å². The van der Waals surface area contributed by atoms with Crippen LogP contribution in [0.4, 0.5) is 4.79 Å². The number of carbonyl (C=O) groups is 4. The molecule has 0 unspecified atom stereocenters. The molecule has 1 saturated heterocycles. The normalized spacial score (nSPS) is 21.0.